The van der Waals surface area contributed by atoms with Crippen LogP contribution in [0.2, 0.25) is 0 Å². The summed E-state index contributed by atoms with van der Waals surface area (Å²) in [6.07, 6.45) is 13.1. The van der Waals surface area contributed by atoms with Gasteiger partial charge >= 0.3 is 5.97 Å². The second kappa shape index (κ2) is 8.67. The summed E-state index contributed by atoms with van der Waals surface area (Å²) in [4.78, 5) is 11.4. The Labute approximate surface area is 127 Å². The lowest BCUT2D eigenvalue weighted by molar-refractivity contribution is -0.206. The fourth-order valence-electron chi connectivity index (χ4n) is 2.02. The van der Waals surface area contributed by atoms with Gasteiger partial charge in [-0.05, 0) is 12.8 Å². The predicted octanol–water partition coefficient (Wildman–Crippen LogP) is 3.62. The van der Waals surface area contributed by atoms with E-state index in [-0.39, 0.29) is 6.42 Å². The van der Waals surface area contributed by atoms with Crippen molar-refractivity contribution >= 4 is 5.97 Å². The van der Waals surface area contributed by atoms with Crippen LogP contribution in [0.3, 0.4) is 0 Å². The van der Waals surface area contributed by atoms with Gasteiger partial charge in [-0.25, -0.2) is 4.79 Å². The summed E-state index contributed by atoms with van der Waals surface area (Å²) in [7, 11) is 0. The minimum atomic E-state index is -0.968. The molecule has 0 bridgehead atoms. The fourth-order valence-corrected chi connectivity index (χ4v) is 2.02. The average Bonchev–Trinajstić information content (AvgIpc) is 2.35. The number of aliphatic hydroxyl groups is 1. The Bertz CT molecular complexity index is 419. The molecular weight excluding hydrogens is 268 g/mol. The molecule has 1 heterocycles. The van der Waals surface area contributed by atoms with E-state index in [1.54, 1.807) is 19.9 Å². The molecule has 0 radical (unpaired) electrons. The Kier molecular flexibility index (Phi) is 7.23. The Morgan fingerprint density at radius 1 is 1.29 bits per heavy atom. The average molecular weight is 294 g/mol. The minimum absolute atomic E-state index is 0.263. The first-order valence-electron chi connectivity index (χ1n) is 7.57. The highest BCUT2D eigenvalue weighted by Crippen LogP contribution is 2.24. The molecule has 1 rings (SSSR count). The summed E-state index contributed by atoms with van der Waals surface area (Å²) in [5, 5.41) is 9.91. The molecule has 118 valence electrons. The molecule has 0 saturated heterocycles. The topological polar surface area (TPSA) is 55.8 Å². The van der Waals surface area contributed by atoms with Gasteiger partial charge in [0, 0.05) is 20.3 Å². The first-order chi connectivity index (χ1) is 9.93. The van der Waals surface area contributed by atoms with Gasteiger partial charge in [-0.1, -0.05) is 44.1 Å². The van der Waals surface area contributed by atoms with Crippen molar-refractivity contribution in [2.75, 3.05) is 0 Å². The molecule has 0 aromatic heterocycles. The normalized spacial score (nSPS) is 19.4. The van der Waals surface area contributed by atoms with Crippen molar-refractivity contribution < 1.29 is 19.4 Å². The van der Waals surface area contributed by atoms with E-state index in [0.29, 0.717) is 5.76 Å². The summed E-state index contributed by atoms with van der Waals surface area (Å²) >= 11 is 0. The molecule has 21 heavy (non-hydrogen) atoms. The van der Waals surface area contributed by atoms with Crippen LogP contribution in [0.1, 0.15) is 52.9 Å². The predicted molar refractivity (Wildman–Crippen MR) is 82.4 cm³/mol. The molecule has 0 aliphatic carbocycles. The van der Waals surface area contributed by atoms with E-state index in [9.17, 15) is 9.90 Å². The van der Waals surface area contributed by atoms with Crippen molar-refractivity contribution in [3.05, 3.63) is 36.1 Å². The van der Waals surface area contributed by atoms with Crippen LogP contribution in [0.15, 0.2) is 36.1 Å². The number of esters is 1. The zero-order valence-corrected chi connectivity index (χ0v) is 13.2. The van der Waals surface area contributed by atoms with Crippen molar-refractivity contribution in [3.8, 4) is 0 Å². The number of carbonyl (C=O) groups is 1. The number of aliphatic hydroxyl groups excluding tert-OH is 1. The lowest BCUT2D eigenvalue weighted by atomic mass is 10.1. The van der Waals surface area contributed by atoms with Crippen molar-refractivity contribution in [1.29, 1.82) is 0 Å². The van der Waals surface area contributed by atoms with Gasteiger partial charge in [0.05, 0.1) is 12.2 Å². The Morgan fingerprint density at radius 2 is 2.05 bits per heavy atom. The molecular formula is C17H26O4. The quantitative estimate of drug-likeness (QED) is 0.422. The van der Waals surface area contributed by atoms with E-state index in [2.05, 4.69) is 13.0 Å². The van der Waals surface area contributed by atoms with Crippen LogP contribution < -0.4 is 0 Å². The van der Waals surface area contributed by atoms with Gasteiger partial charge < -0.3 is 14.6 Å². The molecule has 1 aliphatic rings. The van der Waals surface area contributed by atoms with Crippen molar-refractivity contribution in [2.24, 2.45) is 0 Å². The number of unbranched alkanes of at least 4 members (excludes halogenated alkanes) is 3. The second-order valence-corrected chi connectivity index (χ2v) is 5.61. The fraction of sp³-hybridized carbons (Fsp3) is 0.588. The molecule has 0 aromatic rings. The van der Waals surface area contributed by atoms with Gasteiger partial charge in [0.15, 0.2) is 0 Å². The number of carbonyl (C=O) groups excluding carboxylic acids is 1. The maximum Gasteiger partial charge on any atom is 0.337 e. The zero-order valence-electron chi connectivity index (χ0n) is 13.2. The summed E-state index contributed by atoms with van der Waals surface area (Å²) in [5.41, 5.74) is 0. The first-order valence-corrected chi connectivity index (χ1v) is 7.57. The van der Waals surface area contributed by atoms with Crippen LogP contribution in [0.4, 0.5) is 0 Å². The van der Waals surface area contributed by atoms with Crippen LogP contribution in [-0.2, 0) is 14.3 Å². The van der Waals surface area contributed by atoms with Gasteiger partial charge in [0.1, 0.15) is 5.76 Å². The molecule has 1 N–H and O–H groups in total. The molecule has 1 aliphatic heterocycles. The third-order valence-corrected chi connectivity index (χ3v) is 2.97. The molecule has 1 atom stereocenters. The number of hydrogen-bond acceptors (Lipinski definition) is 4. The van der Waals surface area contributed by atoms with Gasteiger partial charge in [0.25, 0.3) is 0 Å². The highest BCUT2D eigenvalue weighted by atomic mass is 16.7. The molecule has 0 amide bonds. The van der Waals surface area contributed by atoms with Crippen molar-refractivity contribution in [1.82, 2.24) is 0 Å². The zero-order chi connectivity index (χ0) is 15.7. The lowest BCUT2D eigenvalue weighted by Crippen LogP contribution is -2.34. The number of allylic oxidation sites excluding steroid dienone is 3. The maximum atomic E-state index is 11.4. The van der Waals surface area contributed by atoms with Crippen molar-refractivity contribution in [3.63, 3.8) is 0 Å². The highest BCUT2D eigenvalue weighted by Gasteiger charge is 2.30. The largest absolute Gasteiger partial charge is 0.457 e. The monoisotopic (exact) mass is 294 g/mol. The Hall–Kier alpha value is -1.55. The second-order valence-electron chi connectivity index (χ2n) is 5.61. The molecule has 0 spiro atoms. The van der Waals surface area contributed by atoms with Crippen molar-refractivity contribution in [2.45, 2.75) is 64.8 Å². The van der Waals surface area contributed by atoms with Crippen LogP contribution >= 0.6 is 0 Å². The summed E-state index contributed by atoms with van der Waals surface area (Å²) < 4.78 is 10.5. The standard InChI is InChI=1S/C17H26O4/c1-4-5-6-7-8-9-10-11-14(18)12-15-13-16(19)21-17(2,3)20-15/h8-11,13-14,18H,4-7,12H2,1-3H3/b9-8+,11-10+. The molecule has 4 heteroatoms. The summed E-state index contributed by atoms with van der Waals surface area (Å²) in [5.74, 6) is -0.961. The van der Waals surface area contributed by atoms with E-state index >= 15 is 0 Å². The third-order valence-electron chi connectivity index (χ3n) is 2.97. The van der Waals surface area contributed by atoms with Crippen LogP contribution in [-0.4, -0.2) is 23.0 Å². The Balaban J connectivity index is 2.36. The van der Waals surface area contributed by atoms with E-state index in [4.69, 9.17) is 9.47 Å². The number of hydrogen-bond donors (Lipinski definition) is 1. The third kappa shape index (κ3) is 7.71. The van der Waals surface area contributed by atoms with Crippen LogP contribution in [0.25, 0.3) is 0 Å². The molecule has 1 unspecified atom stereocenters. The van der Waals surface area contributed by atoms with E-state index in [1.165, 1.54) is 25.3 Å². The lowest BCUT2D eigenvalue weighted by Gasteiger charge is -2.31. The van der Waals surface area contributed by atoms with Gasteiger partial charge in [0.2, 0.25) is 5.79 Å². The SMILES string of the molecule is CCCCC/C=C/C=C/C(O)CC1=CC(=O)OC(C)(C)O1. The highest BCUT2D eigenvalue weighted by molar-refractivity contribution is 5.83. The molecule has 0 fully saturated rings. The smallest absolute Gasteiger partial charge is 0.337 e. The minimum Gasteiger partial charge on any atom is -0.457 e. The van der Waals surface area contributed by atoms with Gasteiger partial charge in [-0.3, -0.25) is 0 Å². The Morgan fingerprint density at radius 3 is 2.71 bits per heavy atom. The van der Waals surface area contributed by atoms with E-state index < -0.39 is 17.9 Å². The number of cyclic esters (lactones) is 1. The number of rotatable bonds is 8. The first kappa shape index (κ1) is 17.5. The molecule has 0 aromatic carbocycles. The van der Waals surface area contributed by atoms with E-state index in [0.717, 1.165) is 6.42 Å². The molecule has 0 saturated carbocycles. The summed E-state index contributed by atoms with van der Waals surface area (Å²) in [6.45, 7) is 5.51. The van der Waals surface area contributed by atoms with Gasteiger partial charge in [-0.15, -0.1) is 0 Å². The molecule has 4 nitrogen and oxygen atoms in total. The number of ether oxygens (including phenoxy) is 2. The van der Waals surface area contributed by atoms with E-state index in [1.807, 2.05) is 12.2 Å². The maximum absolute atomic E-state index is 11.4. The van der Waals surface area contributed by atoms with Crippen LogP contribution in [0.5, 0.6) is 0 Å². The summed E-state index contributed by atoms with van der Waals surface area (Å²) in [6, 6.07) is 0. The van der Waals surface area contributed by atoms with Gasteiger partial charge in [-0.2, -0.15) is 0 Å². The van der Waals surface area contributed by atoms with Crippen LogP contribution in [0, 0.1) is 0 Å².